The molecule has 1 heterocycles. The van der Waals surface area contributed by atoms with E-state index < -0.39 is 22.1 Å². The Bertz CT molecular complexity index is 1480. The van der Waals surface area contributed by atoms with Gasteiger partial charge in [-0.15, -0.1) is 0 Å². The third-order valence-corrected chi connectivity index (χ3v) is 11.5. The number of carbonyl (C=O) groups is 2. The molecule has 2 aromatic rings. The van der Waals surface area contributed by atoms with Crippen LogP contribution in [0.3, 0.4) is 0 Å². The van der Waals surface area contributed by atoms with Crippen molar-refractivity contribution in [2.75, 3.05) is 47.4 Å². The van der Waals surface area contributed by atoms with E-state index >= 15 is 0 Å². The van der Waals surface area contributed by atoms with Crippen LogP contribution in [-0.4, -0.2) is 59.2 Å². The van der Waals surface area contributed by atoms with Crippen molar-refractivity contribution in [2.45, 2.75) is 115 Å². The van der Waals surface area contributed by atoms with E-state index in [0.29, 0.717) is 62.2 Å². The van der Waals surface area contributed by atoms with Crippen LogP contribution in [0.25, 0.3) is 0 Å². The molecule has 2 aliphatic rings. The van der Waals surface area contributed by atoms with Crippen molar-refractivity contribution in [1.82, 2.24) is 5.32 Å². The second kappa shape index (κ2) is 17.6. The molecule has 49 heavy (non-hydrogen) atoms. The zero-order chi connectivity index (χ0) is 35.6. The molecule has 4 rings (SSSR count). The van der Waals surface area contributed by atoms with Gasteiger partial charge in [0, 0.05) is 25.3 Å². The van der Waals surface area contributed by atoms with Crippen LogP contribution in [-0.2, 0) is 25.0 Å². The number of urea groups is 1. The van der Waals surface area contributed by atoms with E-state index in [1.54, 1.807) is 24.3 Å². The van der Waals surface area contributed by atoms with Crippen LogP contribution in [0, 0.1) is 11.8 Å². The summed E-state index contributed by atoms with van der Waals surface area (Å²) in [6, 6.07) is 10.6. The smallest absolute Gasteiger partial charge is 0.320 e. The summed E-state index contributed by atoms with van der Waals surface area (Å²) in [6.07, 6.45) is 10.0. The number of ether oxygens (including phenoxy) is 1. The number of rotatable bonds is 15. The molecule has 3 amide bonds. The van der Waals surface area contributed by atoms with E-state index in [1.807, 2.05) is 18.2 Å². The highest BCUT2D eigenvalue weighted by Crippen LogP contribution is 2.36. The van der Waals surface area contributed by atoms with Crippen molar-refractivity contribution in [1.29, 1.82) is 0 Å². The molecule has 1 saturated heterocycles. The van der Waals surface area contributed by atoms with Crippen molar-refractivity contribution < 1.29 is 22.7 Å². The Balaban J connectivity index is 1.72. The van der Waals surface area contributed by atoms with Crippen LogP contribution in [0.15, 0.2) is 47.4 Å². The van der Waals surface area contributed by atoms with E-state index in [2.05, 4.69) is 49.6 Å². The number of primary amides is 1. The molecular formula is C38H59N5O5S. The van der Waals surface area contributed by atoms with Crippen LogP contribution in [0.4, 0.5) is 21.9 Å². The van der Waals surface area contributed by atoms with Crippen LogP contribution < -0.4 is 25.6 Å². The van der Waals surface area contributed by atoms with Crippen molar-refractivity contribution in [3.63, 3.8) is 0 Å². The molecular weight excluding hydrogens is 639 g/mol. The summed E-state index contributed by atoms with van der Waals surface area (Å²) in [5.74, 6) is 0.417. The summed E-state index contributed by atoms with van der Waals surface area (Å²) in [4.78, 5) is 31.0. The maximum Gasteiger partial charge on any atom is 0.320 e. The van der Waals surface area contributed by atoms with E-state index in [0.717, 1.165) is 56.9 Å². The maximum absolute atomic E-state index is 14.0. The SMILES string of the molecule is CCCCC(CC)CNC(=O)[C@@H](CC1CCCCC1)N(C(N)=O)c1ccc(N2CCOCC2)c(NS(=O)(=O)c2ccc(C(C)(C)C)cc2)c1. The Morgan fingerprint density at radius 1 is 1.02 bits per heavy atom. The lowest BCUT2D eigenvalue weighted by molar-refractivity contribution is -0.123. The van der Waals surface area contributed by atoms with Crippen LogP contribution in [0.5, 0.6) is 0 Å². The van der Waals surface area contributed by atoms with E-state index in [9.17, 15) is 18.0 Å². The Kier molecular flexibility index (Phi) is 13.8. The molecule has 272 valence electrons. The number of nitrogens with one attached hydrogen (secondary N) is 2. The Morgan fingerprint density at radius 2 is 1.69 bits per heavy atom. The van der Waals surface area contributed by atoms with E-state index in [-0.39, 0.29) is 22.1 Å². The van der Waals surface area contributed by atoms with Gasteiger partial charge in [-0.3, -0.25) is 14.4 Å². The summed E-state index contributed by atoms with van der Waals surface area (Å²) >= 11 is 0. The minimum atomic E-state index is -4.01. The number of morpholine rings is 1. The zero-order valence-electron chi connectivity index (χ0n) is 30.3. The molecule has 2 fully saturated rings. The summed E-state index contributed by atoms with van der Waals surface area (Å²) < 4.78 is 36.1. The van der Waals surface area contributed by atoms with Crippen molar-refractivity contribution >= 4 is 39.0 Å². The highest BCUT2D eigenvalue weighted by molar-refractivity contribution is 7.92. The van der Waals surface area contributed by atoms with Gasteiger partial charge < -0.3 is 20.7 Å². The second-order valence-corrected chi connectivity index (χ2v) is 16.5. The number of anilines is 3. The van der Waals surface area contributed by atoms with Gasteiger partial charge in [-0.1, -0.05) is 98.1 Å². The number of benzene rings is 2. The molecule has 2 aromatic carbocycles. The molecule has 0 radical (unpaired) electrons. The fourth-order valence-electron chi connectivity index (χ4n) is 7.01. The molecule has 10 nitrogen and oxygen atoms in total. The highest BCUT2D eigenvalue weighted by Gasteiger charge is 2.34. The fourth-order valence-corrected chi connectivity index (χ4v) is 8.07. The topological polar surface area (TPSA) is 134 Å². The monoisotopic (exact) mass is 697 g/mol. The van der Waals surface area contributed by atoms with Crippen LogP contribution in [0.2, 0.25) is 0 Å². The van der Waals surface area contributed by atoms with Crippen LogP contribution in [0.1, 0.15) is 104 Å². The standard InChI is InChI=1S/C38H59N5O5S/c1-6-8-12-28(7-2)27-40-36(44)35(25-29-13-10-9-11-14-29)43(37(39)45)31-17-20-34(42-21-23-48-24-22-42)33(26-31)41-49(46,47)32-18-15-30(16-19-32)38(3,4)5/h15-20,26,28-29,35,41H,6-14,21-25,27H2,1-5H3,(H2,39,45)(H,40,44)/t28?,35-/m1/s1. The molecule has 2 atom stereocenters. The van der Waals surface area contributed by atoms with Gasteiger partial charge in [-0.2, -0.15) is 0 Å². The number of hydrogen-bond acceptors (Lipinski definition) is 6. The number of carbonyl (C=O) groups excluding carboxylic acids is 2. The molecule has 1 saturated carbocycles. The van der Waals surface area contributed by atoms with Crippen molar-refractivity contribution in [3.05, 3.63) is 48.0 Å². The molecule has 0 bridgehead atoms. The first kappa shape index (κ1) is 38.5. The quantitative estimate of drug-likeness (QED) is 0.181. The third-order valence-electron chi connectivity index (χ3n) is 10.1. The fraction of sp³-hybridized carbons (Fsp3) is 0.632. The number of sulfonamides is 1. The van der Waals surface area contributed by atoms with Crippen LogP contribution >= 0.6 is 0 Å². The molecule has 0 spiro atoms. The van der Waals surface area contributed by atoms with Gasteiger partial charge in [0.25, 0.3) is 10.0 Å². The van der Waals surface area contributed by atoms with Gasteiger partial charge in [0.15, 0.2) is 0 Å². The Hall–Kier alpha value is -3.31. The lowest BCUT2D eigenvalue weighted by Crippen LogP contribution is -2.53. The first-order valence-corrected chi connectivity index (χ1v) is 19.8. The Labute approximate surface area is 294 Å². The number of unbranched alkanes of at least 4 members (excludes halogenated alkanes) is 1. The molecule has 11 heteroatoms. The summed E-state index contributed by atoms with van der Waals surface area (Å²) in [6.45, 7) is 13.3. The number of nitrogens with zero attached hydrogens (tertiary/aromatic N) is 2. The highest BCUT2D eigenvalue weighted by atomic mass is 32.2. The summed E-state index contributed by atoms with van der Waals surface area (Å²) in [7, 11) is -4.01. The van der Waals surface area contributed by atoms with Crippen molar-refractivity contribution in [3.8, 4) is 0 Å². The molecule has 4 N–H and O–H groups in total. The first-order valence-electron chi connectivity index (χ1n) is 18.3. The minimum Gasteiger partial charge on any atom is -0.378 e. The van der Waals surface area contributed by atoms with Gasteiger partial charge in [-0.25, -0.2) is 13.2 Å². The number of nitrogens with two attached hydrogens (primary N) is 1. The predicted molar refractivity (Wildman–Crippen MR) is 199 cm³/mol. The lowest BCUT2D eigenvalue weighted by Gasteiger charge is -2.35. The Morgan fingerprint density at radius 3 is 2.29 bits per heavy atom. The molecule has 0 aromatic heterocycles. The van der Waals surface area contributed by atoms with Gasteiger partial charge in [-0.05, 0) is 66.0 Å². The third kappa shape index (κ3) is 10.6. The average molecular weight is 698 g/mol. The molecule has 1 unspecified atom stereocenters. The van der Waals surface area contributed by atoms with Gasteiger partial charge in [0.05, 0.1) is 29.5 Å². The summed E-state index contributed by atoms with van der Waals surface area (Å²) in [5.41, 5.74) is 8.36. The van der Waals surface area contributed by atoms with Gasteiger partial charge in [0.2, 0.25) is 5.91 Å². The number of hydrogen-bond donors (Lipinski definition) is 3. The van der Waals surface area contributed by atoms with Gasteiger partial charge in [0.1, 0.15) is 6.04 Å². The summed E-state index contributed by atoms with van der Waals surface area (Å²) in [5, 5.41) is 3.17. The average Bonchev–Trinajstić information content (AvgIpc) is 3.08. The zero-order valence-corrected chi connectivity index (χ0v) is 31.1. The minimum absolute atomic E-state index is 0.126. The predicted octanol–water partition coefficient (Wildman–Crippen LogP) is 7.18. The second-order valence-electron chi connectivity index (χ2n) is 14.8. The largest absolute Gasteiger partial charge is 0.378 e. The number of amides is 3. The lowest BCUT2D eigenvalue weighted by atomic mass is 9.84. The maximum atomic E-state index is 14.0. The molecule has 1 aliphatic heterocycles. The first-order chi connectivity index (χ1) is 23.3. The van der Waals surface area contributed by atoms with Crippen molar-refractivity contribution in [2.24, 2.45) is 17.6 Å². The van der Waals surface area contributed by atoms with E-state index in [4.69, 9.17) is 10.5 Å². The van der Waals surface area contributed by atoms with E-state index in [1.165, 1.54) is 11.3 Å². The normalized spacial score (nSPS) is 17.3. The van der Waals surface area contributed by atoms with Gasteiger partial charge >= 0.3 is 6.03 Å². The molecule has 1 aliphatic carbocycles.